The third-order valence-corrected chi connectivity index (χ3v) is 6.67. The van der Waals surface area contributed by atoms with Crippen molar-refractivity contribution in [1.82, 2.24) is 0 Å². The molecule has 1 atom stereocenters. The van der Waals surface area contributed by atoms with Crippen LogP contribution in [0.3, 0.4) is 0 Å². The van der Waals surface area contributed by atoms with Crippen molar-refractivity contribution >= 4 is 17.6 Å². The van der Waals surface area contributed by atoms with E-state index in [9.17, 15) is 22.0 Å². The van der Waals surface area contributed by atoms with E-state index in [1.807, 2.05) is 4.31 Å². The number of anilines is 1. The summed E-state index contributed by atoms with van der Waals surface area (Å²) >= 11 is 1.17. The van der Waals surface area contributed by atoms with Crippen molar-refractivity contribution in [3.05, 3.63) is 77.4 Å². The van der Waals surface area contributed by atoms with Crippen LogP contribution in [0.15, 0.2) is 59.5 Å². The van der Waals surface area contributed by atoms with Gasteiger partial charge in [0.2, 0.25) is 0 Å². The van der Waals surface area contributed by atoms with Crippen LogP contribution in [0.1, 0.15) is 38.3 Å². The summed E-state index contributed by atoms with van der Waals surface area (Å²) in [6.07, 6.45) is -3.92. The molecule has 0 fully saturated rings. The van der Waals surface area contributed by atoms with E-state index in [0.29, 0.717) is 28.4 Å². The second-order valence-electron chi connectivity index (χ2n) is 9.95. The number of hydrogen-bond acceptors (Lipinski definition) is 3. The summed E-state index contributed by atoms with van der Waals surface area (Å²) in [5.41, 5.74) is 0.596. The summed E-state index contributed by atoms with van der Waals surface area (Å²) < 4.78 is 76.8. The van der Waals surface area contributed by atoms with Crippen LogP contribution >= 0.6 is 11.9 Å². The molecule has 0 spiro atoms. The molecule has 1 aliphatic rings. The molecule has 0 radical (unpaired) electrons. The Hall–Kier alpha value is -2.74. The molecule has 2 nitrogen and oxygen atoms in total. The number of alkyl halides is 3. The van der Waals surface area contributed by atoms with Crippen LogP contribution in [0.25, 0.3) is 11.1 Å². The smallest absolute Gasteiger partial charge is 0.416 e. The van der Waals surface area contributed by atoms with Gasteiger partial charge in [-0.2, -0.15) is 13.2 Å². The Morgan fingerprint density at radius 2 is 1.74 bits per heavy atom. The summed E-state index contributed by atoms with van der Waals surface area (Å²) in [6, 6.07) is 12.5. The van der Waals surface area contributed by atoms with Gasteiger partial charge in [0, 0.05) is 10.5 Å². The van der Waals surface area contributed by atoms with Crippen molar-refractivity contribution in [3.63, 3.8) is 0 Å². The molecular weight excluding hydrogens is 481 g/mol. The second-order valence-corrected chi connectivity index (χ2v) is 11.0. The minimum Gasteiger partial charge on any atom is -0.486 e. The first-order valence-corrected chi connectivity index (χ1v) is 12.0. The van der Waals surface area contributed by atoms with Crippen molar-refractivity contribution in [1.29, 1.82) is 0 Å². The molecule has 1 unspecified atom stereocenters. The van der Waals surface area contributed by atoms with Crippen LogP contribution < -0.4 is 9.04 Å². The zero-order valence-electron chi connectivity index (χ0n) is 19.8. The maximum Gasteiger partial charge on any atom is 0.416 e. The van der Waals surface area contributed by atoms with Gasteiger partial charge in [-0.1, -0.05) is 32.9 Å². The van der Waals surface area contributed by atoms with Gasteiger partial charge in [-0.05, 0) is 84.3 Å². The first kappa shape index (κ1) is 25.4. The average molecular weight is 508 g/mol. The summed E-state index contributed by atoms with van der Waals surface area (Å²) in [5.74, 6) is -0.527. The Morgan fingerprint density at radius 1 is 1.00 bits per heavy atom. The van der Waals surface area contributed by atoms with E-state index in [2.05, 4.69) is 20.8 Å². The van der Waals surface area contributed by atoms with Crippen molar-refractivity contribution < 1.29 is 26.7 Å². The van der Waals surface area contributed by atoms with Crippen LogP contribution in [0.5, 0.6) is 5.75 Å². The third kappa shape index (κ3) is 5.92. The predicted molar refractivity (Wildman–Crippen MR) is 130 cm³/mol. The highest BCUT2D eigenvalue weighted by atomic mass is 32.2. The molecule has 0 N–H and O–H groups in total. The number of nitrogens with zero attached hydrogens (tertiary/aromatic N) is 1. The Morgan fingerprint density at radius 3 is 2.43 bits per heavy atom. The lowest BCUT2D eigenvalue weighted by atomic mass is 9.88. The van der Waals surface area contributed by atoms with Crippen molar-refractivity contribution in [3.8, 4) is 16.9 Å². The molecule has 0 saturated heterocycles. The van der Waals surface area contributed by atoms with Crippen LogP contribution in [0.4, 0.5) is 27.6 Å². The minimum absolute atomic E-state index is 0.0309. The number of hydrogen-bond donors (Lipinski definition) is 0. The maximum absolute atomic E-state index is 14.8. The number of fused-ring (bicyclic) bond motifs is 1. The Kier molecular flexibility index (Phi) is 6.79. The predicted octanol–water partition coefficient (Wildman–Crippen LogP) is 8.67. The van der Waals surface area contributed by atoms with Crippen molar-refractivity contribution in [2.24, 2.45) is 5.41 Å². The largest absolute Gasteiger partial charge is 0.486 e. The van der Waals surface area contributed by atoms with E-state index in [1.165, 1.54) is 24.9 Å². The Bertz CT molecular complexity index is 1240. The number of halogens is 5. The van der Waals surface area contributed by atoms with Gasteiger partial charge >= 0.3 is 6.18 Å². The van der Waals surface area contributed by atoms with Gasteiger partial charge in [-0.3, -0.25) is 0 Å². The molecule has 1 heterocycles. The molecule has 1 aliphatic heterocycles. The normalized spacial score (nSPS) is 16.1. The van der Waals surface area contributed by atoms with E-state index in [0.717, 1.165) is 30.7 Å². The lowest BCUT2D eigenvalue weighted by Gasteiger charge is -2.38. The molecule has 35 heavy (non-hydrogen) atoms. The molecule has 4 rings (SSSR count). The monoisotopic (exact) mass is 507 g/mol. The fourth-order valence-corrected chi connectivity index (χ4v) is 5.20. The quantitative estimate of drug-likeness (QED) is 0.259. The molecule has 0 aliphatic carbocycles. The highest BCUT2D eigenvalue weighted by Gasteiger charge is 2.33. The lowest BCUT2D eigenvalue weighted by Crippen LogP contribution is -2.38. The van der Waals surface area contributed by atoms with Crippen LogP contribution in [0.2, 0.25) is 0 Å². The van der Waals surface area contributed by atoms with Crippen molar-refractivity contribution in [2.75, 3.05) is 10.8 Å². The fourth-order valence-electron chi connectivity index (χ4n) is 4.15. The van der Waals surface area contributed by atoms with E-state index < -0.39 is 23.4 Å². The summed E-state index contributed by atoms with van der Waals surface area (Å²) in [7, 11) is 0. The summed E-state index contributed by atoms with van der Waals surface area (Å²) in [6.45, 7) is 8.19. The Labute approximate surface area is 206 Å². The van der Waals surface area contributed by atoms with Gasteiger partial charge in [0.25, 0.3) is 0 Å². The molecule has 186 valence electrons. The first-order chi connectivity index (χ1) is 16.3. The molecule has 0 bridgehead atoms. The van der Waals surface area contributed by atoms with Crippen LogP contribution in [-0.4, -0.2) is 12.6 Å². The number of ether oxygens (including phenoxy) is 1. The number of rotatable bonds is 4. The van der Waals surface area contributed by atoms with Gasteiger partial charge in [0.05, 0.1) is 17.8 Å². The zero-order valence-corrected chi connectivity index (χ0v) is 20.7. The zero-order chi connectivity index (χ0) is 25.5. The molecule has 3 aromatic carbocycles. The highest BCUT2D eigenvalue weighted by molar-refractivity contribution is 8.00. The summed E-state index contributed by atoms with van der Waals surface area (Å²) in [4.78, 5) is 0.417. The average Bonchev–Trinajstić information content (AvgIpc) is 2.74. The SMILES string of the molecule is Cc1cc(F)cc(-c2ccc3c(c2)N(Sc2cccc(C(F)(F)F)c2)CC(CC(C)(C)C)O3)c1F. The maximum atomic E-state index is 14.8. The third-order valence-electron chi connectivity index (χ3n) is 5.64. The lowest BCUT2D eigenvalue weighted by molar-refractivity contribution is -0.137. The Balaban J connectivity index is 1.75. The van der Waals surface area contributed by atoms with Gasteiger partial charge in [-0.25, -0.2) is 8.78 Å². The number of aryl methyl sites for hydroxylation is 1. The van der Waals surface area contributed by atoms with E-state index in [4.69, 9.17) is 4.74 Å². The molecular formula is C27H26F5NOS. The van der Waals surface area contributed by atoms with Crippen LogP contribution in [-0.2, 0) is 6.18 Å². The molecule has 3 aromatic rings. The standard InChI is InChI=1S/C27H26F5NOS/c1-16-10-19(28)13-22(25(16)29)17-8-9-24-23(11-17)33(15-20(34-24)14-26(2,3)4)35-21-7-5-6-18(12-21)27(30,31)32/h5-13,20H,14-15H2,1-4H3. The van der Waals surface area contributed by atoms with E-state index >= 15 is 0 Å². The topological polar surface area (TPSA) is 12.5 Å². The van der Waals surface area contributed by atoms with Crippen molar-refractivity contribution in [2.45, 2.75) is 51.3 Å². The minimum atomic E-state index is -4.45. The molecule has 8 heteroatoms. The molecule has 0 aromatic heterocycles. The van der Waals surface area contributed by atoms with Gasteiger partial charge in [0.15, 0.2) is 0 Å². The summed E-state index contributed by atoms with van der Waals surface area (Å²) in [5, 5.41) is 0. The first-order valence-electron chi connectivity index (χ1n) is 11.2. The highest BCUT2D eigenvalue weighted by Crippen LogP contribution is 2.44. The molecule has 0 saturated carbocycles. The second kappa shape index (κ2) is 9.37. The van der Waals surface area contributed by atoms with Gasteiger partial charge < -0.3 is 9.04 Å². The molecule has 0 amide bonds. The van der Waals surface area contributed by atoms with Gasteiger partial charge in [0.1, 0.15) is 23.5 Å². The number of benzene rings is 3. The van der Waals surface area contributed by atoms with E-state index in [1.54, 1.807) is 24.3 Å². The fraction of sp³-hybridized carbons (Fsp3) is 0.333. The van der Waals surface area contributed by atoms with Gasteiger partial charge in [-0.15, -0.1) is 0 Å². The van der Waals surface area contributed by atoms with Crippen LogP contribution in [0, 0.1) is 24.0 Å². The van der Waals surface area contributed by atoms with E-state index in [-0.39, 0.29) is 22.6 Å².